The fraction of sp³-hybridized carbons (Fsp3) is 0.455. The Balaban J connectivity index is 1.89. The second-order valence-corrected chi connectivity index (χ2v) is 7.92. The summed E-state index contributed by atoms with van der Waals surface area (Å²) in [4.78, 5) is 11.1. The highest BCUT2D eigenvalue weighted by molar-refractivity contribution is 5.86. The topological polar surface area (TPSA) is 78.6 Å². The van der Waals surface area contributed by atoms with Gasteiger partial charge in [-0.25, -0.2) is 9.98 Å². The maximum atomic E-state index is 12.9. The molecule has 0 spiro atoms. The van der Waals surface area contributed by atoms with Gasteiger partial charge in [0.25, 0.3) is 0 Å². The van der Waals surface area contributed by atoms with Crippen molar-refractivity contribution in [3.63, 3.8) is 0 Å². The number of aliphatic imine (C=N–C) groups is 1. The summed E-state index contributed by atoms with van der Waals surface area (Å²) in [5.74, 6) is 1.99. The number of nitrogens with one attached hydrogen (secondary N) is 2. The van der Waals surface area contributed by atoms with Gasteiger partial charge in [-0.3, -0.25) is 0 Å². The minimum atomic E-state index is -4.37. The summed E-state index contributed by atoms with van der Waals surface area (Å²) < 4.78 is 38.8. The van der Waals surface area contributed by atoms with E-state index in [1.165, 1.54) is 0 Å². The smallest absolute Gasteiger partial charge is 0.373 e. The molecule has 1 aromatic heterocycles. The van der Waals surface area contributed by atoms with Gasteiger partial charge >= 0.3 is 6.18 Å². The highest BCUT2D eigenvalue weighted by Crippen LogP contribution is 2.34. The maximum absolute atomic E-state index is 12.9. The number of rotatable bonds is 8. The van der Waals surface area contributed by atoms with E-state index in [1.54, 1.807) is 6.07 Å². The molecule has 0 unspecified atom stereocenters. The predicted octanol–water partition coefficient (Wildman–Crippen LogP) is 3.83. The molecular formula is C22H29F3N6. The molecule has 0 saturated heterocycles. The fourth-order valence-corrected chi connectivity index (χ4v) is 3.73. The number of allylic oxidation sites excluding steroid dienone is 1. The van der Waals surface area contributed by atoms with Gasteiger partial charge < -0.3 is 21.3 Å². The molecule has 2 aliphatic heterocycles. The highest BCUT2D eigenvalue weighted by atomic mass is 19.4. The van der Waals surface area contributed by atoms with E-state index in [-0.39, 0.29) is 11.7 Å². The van der Waals surface area contributed by atoms with Gasteiger partial charge in [-0.2, -0.15) is 13.2 Å². The monoisotopic (exact) mass is 434 g/mol. The molecule has 2 atom stereocenters. The number of alkyl halides is 3. The molecule has 31 heavy (non-hydrogen) atoms. The fourth-order valence-electron chi connectivity index (χ4n) is 3.73. The molecule has 168 valence electrons. The number of nitrogens with zero attached hydrogens (tertiary/aromatic N) is 3. The average Bonchev–Trinajstić information content (AvgIpc) is 3.11. The summed E-state index contributed by atoms with van der Waals surface area (Å²) in [6, 6.07) is 1.93. The minimum Gasteiger partial charge on any atom is -0.373 e. The predicted molar refractivity (Wildman–Crippen MR) is 118 cm³/mol. The van der Waals surface area contributed by atoms with Crippen LogP contribution in [-0.4, -0.2) is 35.5 Å². The van der Waals surface area contributed by atoms with E-state index in [0.717, 1.165) is 49.7 Å². The molecule has 6 nitrogen and oxygen atoms in total. The van der Waals surface area contributed by atoms with E-state index in [1.807, 2.05) is 24.0 Å². The molecule has 4 N–H and O–H groups in total. The summed E-state index contributed by atoms with van der Waals surface area (Å²) >= 11 is 0. The van der Waals surface area contributed by atoms with Crippen molar-refractivity contribution < 1.29 is 13.2 Å². The Hall–Kier alpha value is -2.81. The molecule has 2 aliphatic rings. The Kier molecular flexibility index (Phi) is 6.74. The third-order valence-electron chi connectivity index (χ3n) is 5.45. The van der Waals surface area contributed by atoms with Crippen LogP contribution in [0.15, 0.2) is 48.0 Å². The van der Waals surface area contributed by atoms with Gasteiger partial charge in [-0.1, -0.05) is 19.2 Å². The van der Waals surface area contributed by atoms with E-state index >= 15 is 0 Å². The first kappa shape index (κ1) is 22.9. The van der Waals surface area contributed by atoms with Crippen molar-refractivity contribution in [1.82, 2.24) is 15.6 Å². The molecule has 0 fully saturated rings. The largest absolute Gasteiger partial charge is 0.408 e. The zero-order valence-electron chi connectivity index (χ0n) is 17.9. The third-order valence-corrected chi connectivity index (χ3v) is 5.45. The Bertz CT molecular complexity index is 918. The minimum absolute atomic E-state index is 0.0719. The summed E-state index contributed by atoms with van der Waals surface area (Å²) in [5.41, 5.74) is 8.31. The molecule has 1 aromatic rings. The molecule has 3 rings (SSSR count). The number of hydrogen-bond donors (Lipinski definition) is 3. The SMILES string of the molecule is C=C(N[C@H](C)C(F)(F)F)c1ccc2c(n1)N(C(=C)NC1=CCC(C)=N1)[C@@H](CCN)CC2. The van der Waals surface area contributed by atoms with Crippen molar-refractivity contribution in [2.45, 2.75) is 57.8 Å². The Morgan fingerprint density at radius 2 is 2.10 bits per heavy atom. The van der Waals surface area contributed by atoms with Gasteiger partial charge in [0, 0.05) is 18.2 Å². The van der Waals surface area contributed by atoms with Crippen LogP contribution < -0.4 is 21.3 Å². The van der Waals surface area contributed by atoms with E-state index in [0.29, 0.717) is 23.9 Å². The first-order valence-corrected chi connectivity index (χ1v) is 10.3. The van der Waals surface area contributed by atoms with Gasteiger partial charge in [0.2, 0.25) is 0 Å². The Morgan fingerprint density at radius 1 is 1.35 bits per heavy atom. The van der Waals surface area contributed by atoms with Crippen LogP contribution in [0, 0.1) is 0 Å². The van der Waals surface area contributed by atoms with Gasteiger partial charge in [0.05, 0.1) is 11.4 Å². The molecule has 0 radical (unpaired) electrons. The van der Waals surface area contributed by atoms with E-state index in [2.05, 4.69) is 33.8 Å². The first-order valence-electron chi connectivity index (χ1n) is 10.3. The molecular weight excluding hydrogens is 405 g/mol. The van der Waals surface area contributed by atoms with Gasteiger partial charge in [-0.05, 0) is 57.4 Å². The lowest BCUT2D eigenvalue weighted by Gasteiger charge is -2.39. The van der Waals surface area contributed by atoms with Crippen LogP contribution in [0.5, 0.6) is 0 Å². The van der Waals surface area contributed by atoms with Crippen LogP contribution in [0.1, 0.15) is 44.4 Å². The van der Waals surface area contributed by atoms with E-state index in [9.17, 15) is 13.2 Å². The molecule has 0 amide bonds. The number of aromatic nitrogens is 1. The summed E-state index contributed by atoms with van der Waals surface area (Å²) in [6.07, 6.45) is 0.799. The van der Waals surface area contributed by atoms with Crippen LogP contribution in [-0.2, 0) is 6.42 Å². The van der Waals surface area contributed by atoms with Gasteiger partial charge in [-0.15, -0.1) is 0 Å². The number of fused-ring (bicyclic) bond motifs is 1. The number of anilines is 1. The summed E-state index contributed by atoms with van der Waals surface area (Å²) in [5, 5.41) is 5.65. The molecule has 0 aromatic carbocycles. The number of nitrogens with two attached hydrogens (primary N) is 1. The Labute approximate surface area is 180 Å². The lowest BCUT2D eigenvalue weighted by molar-refractivity contribution is -0.148. The van der Waals surface area contributed by atoms with Gasteiger partial charge in [0.15, 0.2) is 0 Å². The number of hydrogen-bond acceptors (Lipinski definition) is 6. The zero-order valence-corrected chi connectivity index (χ0v) is 17.9. The summed E-state index contributed by atoms with van der Waals surface area (Å²) in [7, 11) is 0. The normalized spacial score (nSPS) is 19.3. The molecule has 3 heterocycles. The van der Waals surface area contributed by atoms with Gasteiger partial charge in [0.1, 0.15) is 23.5 Å². The average molecular weight is 435 g/mol. The van der Waals surface area contributed by atoms with Crippen molar-refractivity contribution in [2.75, 3.05) is 11.4 Å². The summed E-state index contributed by atoms with van der Waals surface area (Å²) in [6.45, 7) is 11.5. The number of aryl methyl sites for hydroxylation is 1. The van der Waals surface area contributed by atoms with E-state index < -0.39 is 12.2 Å². The van der Waals surface area contributed by atoms with Crippen LogP contribution in [0.4, 0.5) is 19.0 Å². The second-order valence-electron chi connectivity index (χ2n) is 7.92. The standard InChI is InChI=1S/C22H29F3N6/c1-13-5-10-20(27-13)29-16(4)31-18(11-12-26)8-6-17-7-9-19(30-21(17)31)14(2)28-15(3)22(23,24)25/h7,9-10,15,18,28-29H,2,4-6,8,11-12,26H2,1,3H3/t15-,18-/m1/s1. The second kappa shape index (κ2) is 9.13. The van der Waals surface area contributed by atoms with Crippen molar-refractivity contribution in [3.05, 3.63) is 54.3 Å². The molecule has 9 heteroatoms. The lowest BCUT2D eigenvalue weighted by atomic mass is 9.96. The van der Waals surface area contributed by atoms with Crippen molar-refractivity contribution in [2.24, 2.45) is 10.7 Å². The Morgan fingerprint density at radius 3 is 2.71 bits per heavy atom. The molecule has 0 saturated carbocycles. The van der Waals surface area contributed by atoms with Crippen LogP contribution in [0.3, 0.4) is 0 Å². The molecule has 0 bridgehead atoms. The van der Waals surface area contributed by atoms with E-state index in [4.69, 9.17) is 5.73 Å². The quantitative estimate of drug-likeness (QED) is 0.580. The maximum Gasteiger partial charge on any atom is 0.408 e. The number of pyridine rings is 1. The molecule has 0 aliphatic carbocycles. The zero-order chi connectivity index (χ0) is 22.8. The first-order chi connectivity index (χ1) is 14.6. The number of halogens is 3. The van der Waals surface area contributed by atoms with Crippen molar-refractivity contribution >= 4 is 17.2 Å². The van der Waals surface area contributed by atoms with Crippen LogP contribution >= 0.6 is 0 Å². The van der Waals surface area contributed by atoms with Crippen molar-refractivity contribution in [3.8, 4) is 0 Å². The lowest BCUT2D eigenvalue weighted by Crippen LogP contribution is -2.44. The highest BCUT2D eigenvalue weighted by Gasteiger charge is 2.36. The van der Waals surface area contributed by atoms with Crippen LogP contribution in [0.2, 0.25) is 0 Å². The third kappa shape index (κ3) is 5.28. The van der Waals surface area contributed by atoms with Crippen molar-refractivity contribution in [1.29, 1.82) is 0 Å². The van der Waals surface area contributed by atoms with Crippen LogP contribution in [0.25, 0.3) is 5.70 Å².